The molecule has 1 amide bonds. The zero-order chi connectivity index (χ0) is 13.0. The highest BCUT2D eigenvalue weighted by atomic mass is 16.5. The van der Waals surface area contributed by atoms with Crippen molar-refractivity contribution in [3.8, 4) is 11.8 Å². The lowest BCUT2D eigenvalue weighted by Crippen LogP contribution is -2.45. The van der Waals surface area contributed by atoms with Crippen LogP contribution >= 0.6 is 0 Å². The molecule has 0 spiro atoms. The normalized spacial score (nSPS) is 16.9. The largest absolute Gasteiger partial charge is 0.497 e. The number of benzene rings is 1. The van der Waals surface area contributed by atoms with Crippen LogP contribution in [0.1, 0.15) is 36.0 Å². The average molecular weight is 244 g/mol. The third-order valence-corrected chi connectivity index (χ3v) is 3.36. The van der Waals surface area contributed by atoms with Crippen molar-refractivity contribution in [2.45, 2.75) is 31.2 Å². The molecular weight excluding hydrogens is 228 g/mol. The van der Waals surface area contributed by atoms with Crippen molar-refractivity contribution in [1.82, 2.24) is 5.32 Å². The fraction of sp³-hybridized carbons (Fsp3) is 0.429. The number of hydrogen-bond acceptors (Lipinski definition) is 3. The molecule has 94 valence electrons. The van der Waals surface area contributed by atoms with Gasteiger partial charge in [0.1, 0.15) is 11.3 Å². The Morgan fingerprint density at radius 3 is 2.78 bits per heavy atom. The summed E-state index contributed by atoms with van der Waals surface area (Å²) >= 11 is 0. The number of amides is 1. The molecule has 1 aromatic rings. The fourth-order valence-electron chi connectivity index (χ4n) is 2.30. The minimum absolute atomic E-state index is 0.211. The van der Waals surface area contributed by atoms with Crippen LogP contribution in [0.4, 0.5) is 0 Å². The van der Waals surface area contributed by atoms with Crippen LogP contribution in [-0.4, -0.2) is 18.6 Å². The van der Waals surface area contributed by atoms with Gasteiger partial charge in [-0.2, -0.15) is 5.26 Å². The van der Waals surface area contributed by atoms with E-state index in [1.807, 2.05) is 0 Å². The molecule has 1 aliphatic rings. The highest BCUT2D eigenvalue weighted by molar-refractivity contribution is 5.95. The van der Waals surface area contributed by atoms with E-state index in [0.29, 0.717) is 11.3 Å². The smallest absolute Gasteiger partial charge is 0.252 e. The van der Waals surface area contributed by atoms with Crippen molar-refractivity contribution >= 4 is 5.91 Å². The van der Waals surface area contributed by atoms with Crippen molar-refractivity contribution in [1.29, 1.82) is 5.26 Å². The molecule has 1 N–H and O–H groups in total. The van der Waals surface area contributed by atoms with Gasteiger partial charge in [-0.3, -0.25) is 4.79 Å². The Morgan fingerprint density at radius 1 is 1.44 bits per heavy atom. The average Bonchev–Trinajstić information content (AvgIpc) is 2.88. The Labute approximate surface area is 107 Å². The zero-order valence-electron chi connectivity index (χ0n) is 10.4. The van der Waals surface area contributed by atoms with Gasteiger partial charge in [-0.15, -0.1) is 0 Å². The summed E-state index contributed by atoms with van der Waals surface area (Å²) in [6.45, 7) is 0. The van der Waals surface area contributed by atoms with Crippen LogP contribution in [0.25, 0.3) is 0 Å². The summed E-state index contributed by atoms with van der Waals surface area (Å²) < 4.78 is 5.08. The molecule has 1 aliphatic carbocycles. The highest BCUT2D eigenvalue weighted by Gasteiger charge is 2.35. The van der Waals surface area contributed by atoms with Crippen LogP contribution in [0.5, 0.6) is 5.75 Å². The minimum Gasteiger partial charge on any atom is -0.497 e. The number of rotatable bonds is 3. The molecule has 0 saturated heterocycles. The molecule has 4 nitrogen and oxygen atoms in total. The highest BCUT2D eigenvalue weighted by Crippen LogP contribution is 2.29. The lowest BCUT2D eigenvalue weighted by Gasteiger charge is -2.22. The van der Waals surface area contributed by atoms with E-state index < -0.39 is 5.54 Å². The number of nitrogens with zero attached hydrogens (tertiary/aromatic N) is 1. The molecule has 0 unspecified atom stereocenters. The summed E-state index contributed by atoms with van der Waals surface area (Å²) in [5.41, 5.74) is -0.156. The Hall–Kier alpha value is -2.02. The standard InChI is InChI=1S/C14H16N2O2/c1-18-12-6-4-5-11(9-12)13(17)16-14(10-15)7-2-3-8-14/h4-6,9H,2-3,7-8H2,1H3,(H,16,17). The first-order chi connectivity index (χ1) is 8.69. The lowest BCUT2D eigenvalue weighted by atomic mass is 9.99. The van der Waals surface area contributed by atoms with Crippen molar-refractivity contribution in [3.05, 3.63) is 29.8 Å². The van der Waals surface area contributed by atoms with Gasteiger partial charge in [-0.25, -0.2) is 0 Å². The quantitative estimate of drug-likeness (QED) is 0.887. The van der Waals surface area contributed by atoms with E-state index in [9.17, 15) is 10.1 Å². The van der Waals surface area contributed by atoms with Gasteiger partial charge in [0.25, 0.3) is 5.91 Å². The first-order valence-corrected chi connectivity index (χ1v) is 6.07. The van der Waals surface area contributed by atoms with E-state index in [4.69, 9.17) is 4.74 Å². The second-order valence-corrected chi connectivity index (χ2v) is 4.59. The topological polar surface area (TPSA) is 62.1 Å². The maximum Gasteiger partial charge on any atom is 0.252 e. The number of nitrogens with one attached hydrogen (secondary N) is 1. The van der Waals surface area contributed by atoms with Crippen LogP contribution < -0.4 is 10.1 Å². The molecule has 18 heavy (non-hydrogen) atoms. The van der Waals surface area contributed by atoms with E-state index in [2.05, 4.69) is 11.4 Å². The molecule has 1 aromatic carbocycles. The number of methoxy groups -OCH3 is 1. The molecule has 0 radical (unpaired) electrons. The Kier molecular flexibility index (Phi) is 3.52. The third kappa shape index (κ3) is 2.45. The summed E-state index contributed by atoms with van der Waals surface area (Å²) in [4.78, 5) is 12.1. The van der Waals surface area contributed by atoms with E-state index in [0.717, 1.165) is 25.7 Å². The summed E-state index contributed by atoms with van der Waals surface area (Å²) in [6, 6.07) is 9.19. The van der Waals surface area contributed by atoms with E-state index in [1.54, 1.807) is 31.4 Å². The van der Waals surface area contributed by atoms with E-state index >= 15 is 0 Å². The zero-order valence-corrected chi connectivity index (χ0v) is 10.4. The Morgan fingerprint density at radius 2 is 2.17 bits per heavy atom. The molecular formula is C14H16N2O2. The maximum atomic E-state index is 12.1. The van der Waals surface area contributed by atoms with Crippen molar-refractivity contribution < 1.29 is 9.53 Å². The van der Waals surface area contributed by atoms with Gasteiger partial charge in [0.2, 0.25) is 0 Å². The van der Waals surface area contributed by atoms with Crippen LogP contribution in [-0.2, 0) is 0 Å². The molecule has 0 bridgehead atoms. The predicted molar refractivity (Wildman–Crippen MR) is 67.3 cm³/mol. The Bertz CT molecular complexity index is 485. The molecule has 0 heterocycles. The number of carbonyl (C=O) groups excluding carboxylic acids is 1. The van der Waals surface area contributed by atoms with Crippen molar-refractivity contribution in [3.63, 3.8) is 0 Å². The number of nitriles is 1. The SMILES string of the molecule is COc1cccc(C(=O)NC2(C#N)CCCC2)c1. The van der Waals surface area contributed by atoms with Gasteiger partial charge < -0.3 is 10.1 Å². The molecule has 4 heteroatoms. The van der Waals surface area contributed by atoms with Crippen LogP contribution in [0.2, 0.25) is 0 Å². The second kappa shape index (κ2) is 5.09. The predicted octanol–water partition coefficient (Wildman–Crippen LogP) is 2.26. The van der Waals surface area contributed by atoms with E-state index in [-0.39, 0.29) is 5.91 Å². The summed E-state index contributed by atoms with van der Waals surface area (Å²) in [5.74, 6) is 0.428. The molecule has 2 rings (SSSR count). The number of carbonyl (C=O) groups is 1. The van der Waals surface area contributed by atoms with Gasteiger partial charge in [0.05, 0.1) is 13.2 Å². The third-order valence-electron chi connectivity index (χ3n) is 3.36. The van der Waals surface area contributed by atoms with Crippen LogP contribution in [0.15, 0.2) is 24.3 Å². The maximum absolute atomic E-state index is 12.1. The number of ether oxygens (including phenoxy) is 1. The molecule has 0 atom stereocenters. The van der Waals surface area contributed by atoms with Crippen molar-refractivity contribution in [2.24, 2.45) is 0 Å². The summed E-state index contributed by atoms with van der Waals surface area (Å²) in [7, 11) is 1.56. The van der Waals surface area contributed by atoms with Gasteiger partial charge in [-0.05, 0) is 43.9 Å². The Balaban J connectivity index is 2.14. The minimum atomic E-state index is -0.680. The van der Waals surface area contributed by atoms with Crippen LogP contribution in [0.3, 0.4) is 0 Å². The van der Waals surface area contributed by atoms with Crippen LogP contribution in [0, 0.1) is 11.3 Å². The first kappa shape index (κ1) is 12.4. The second-order valence-electron chi connectivity index (χ2n) is 4.59. The number of hydrogen-bond donors (Lipinski definition) is 1. The summed E-state index contributed by atoms with van der Waals surface area (Å²) in [5, 5.41) is 12.1. The first-order valence-electron chi connectivity index (χ1n) is 6.07. The fourth-order valence-corrected chi connectivity index (χ4v) is 2.30. The van der Waals surface area contributed by atoms with Gasteiger partial charge in [0, 0.05) is 5.56 Å². The summed E-state index contributed by atoms with van der Waals surface area (Å²) in [6.07, 6.45) is 3.45. The molecule has 1 fully saturated rings. The van der Waals surface area contributed by atoms with Gasteiger partial charge >= 0.3 is 0 Å². The lowest BCUT2D eigenvalue weighted by molar-refractivity contribution is 0.0920. The molecule has 0 aromatic heterocycles. The molecule has 1 saturated carbocycles. The monoisotopic (exact) mass is 244 g/mol. The van der Waals surface area contributed by atoms with Gasteiger partial charge in [0.15, 0.2) is 0 Å². The van der Waals surface area contributed by atoms with E-state index in [1.165, 1.54) is 0 Å². The van der Waals surface area contributed by atoms with Gasteiger partial charge in [-0.1, -0.05) is 6.07 Å². The van der Waals surface area contributed by atoms with Crippen molar-refractivity contribution in [2.75, 3.05) is 7.11 Å². The molecule has 0 aliphatic heterocycles.